The lowest BCUT2D eigenvalue weighted by Gasteiger charge is -2.67. The Balaban J connectivity index is 2.17. The molecule has 3 rings (SSSR count). The van der Waals surface area contributed by atoms with Gasteiger partial charge in [-0.3, -0.25) is 4.79 Å². The summed E-state index contributed by atoms with van der Waals surface area (Å²) in [4.78, 5) is 19.7. The van der Waals surface area contributed by atoms with Crippen molar-refractivity contribution in [2.45, 2.75) is 110 Å². The molecule has 0 bridgehead atoms. The number of carbonyl (C=O) groups excluding carboxylic acids is 1. The summed E-state index contributed by atoms with van der Waals surface area (Å²) in [6.45, 7) is 19.7. The van der Waals surface area contributed by atoms with Gasteiger partial charge in [0.2, 0.25) is 0 Å². The fourth-order valence-corrected chi connectivity index (χ4v) is 5.09. The summed E-state index contributed by atoms with van der Waals surface area (Å²) < 4.78 is 0. The number of aromatic nitrogens is 1. The highest BCUT2D eigenvalue weighted by molar-refractivity contribution is 5.98. The maximum atomic E-state index is 14.0. The van der Waals surface area contributed by atoms with Crippen LogP contribution in [0.25, 0.3) is 0 Å². The first-order valence-electron chi connectivity index (χ1n) is 10.1. The van der Waals surface area contributed by atoms with Crippen molar-refractivity contribution in [3.8, 4) is 0 Å². The molecule has 1 aliphatic carbocycles. The number of H-pyrrole nitrogens is 1. The van der Waals surface area contributed by atoms with Gasteiger partial charge in [-0.2, -0.15) is 0 Å². The smallest absolute Gasteiger partial charge is 0.256 e. The van der Waals surface area contributed by atoms with Crippen LogP contribution in [0.5, 0.6) is 0 Å². The largest absolute Gasteiger partial charge is 0.362 e. The number of rotatable bonds is 1. The molecule has 1 amide bonds. The number of piperazine rings is 1. The van der Waals surface area contributed by atoms with Crippen LogP contribution in [0.4, 0.5) is 0 Å². The predicted molar refractivity (Wildman–Crippen MR) is 108 cm³/mol. The Labute approximate surface area is 159 Å². The van der Waals surface area contributed by atoms with Gasteiger partial charge >= 0.3 is 0 Å². The standard InChI is InChI=1S/C22H37N3O/c1-14-17(15-12-10-11-13-16(15)23-14)18(26)25-21(6,7)19(2,3)24-20(4,5)22(25,8)9/h23-24H,10-13H2,1-9H3. The molecule has 1 aromatic rings. The number of carbonyl (C=O) groups is 1. The number of nitrogens with zero attached hydrogens (tertiary/aromatic N) is 1. The molecule has 26 heavy (non-hydrogen) atoms. The second kappa shape index (κ2) is 5.60. The average molecular weight is 360 g/mol. The van der Waals surface area contributed by atoms with Gasteiger partial charge in [-0.1, -0.05) is 0 Å². The van der Waals surface area contributed by atoms with E-state index in [0.29, 0.717) is 0 Å². The summed E-state index contributed by atoms with van der Waals surface area (Å²) in [5, 5.41) is 3.82. The molecule has 0 spiro atoms. The fraction of sp³-hybridized carbons (Fsp3) is 0.773. The van der Waals surface area contributed by atoms with Crippen LogP contribution in [0.3, 0.4) is 0 Å². The summed E-state index contributed by atoms with van der Waals surface area (Å²) in [6.07, 6.45) is 4.47. The second-order valence-corrected chi connectivity index (χ2v) is 10.4. The summed E-state index contributed by atoms with van der Waals surface area (Å²) in [5.74, 6) is 0.180. The summed E-state index contributed by atoms with van der Waals surface area (Å²) in [6, 6.07) is 0. The average Bonchev–Trinajstić information content (AvgIpc) is 2.79. The molecule has 0 saturated carbocycles. The number of aryl methyl sites for hydroxylation is 2. The molecule has 0 atom stereocenters. The maximum absolute atomic E-state index is 14.0. The molecule has 2 aliphatic rings. The molecule has 4 nitrogen and oxygen atoms in total. The van der Waals surface area contributed by atoms with Crippen molar-refractivity contribution < 1.29 is 4.79 Å². The third-order valence-corrected chi connectivity index (χ3v) is 7.70. The molecule has 146 valence electrons. The number of aromatic amines is 1. The van der Waals surface area contributed by atoms with E-state index in [9.17, 15) is 4.79 Å². The lowest BCUT2D eigenvalue weighted by molar-refractivity contribution is -0.101. The number of fused-ring (bicyclic) bond motifs is 1. The molecule has 1 saturated heterocycles. The number of amides is 1. The van der Waals surface area contributed by atoms with Crippen molar-refractivity contribution >= 4 is 5.91 Å². The molecule has 0 aromatic carbocycles. The summed E-state index contributed by atoms with van der Waals surface area (Å²) in [5.41, 5.74) is 3.44. The first kappa shape index (κ1) is 19.5. The number of hydrogen-bond acceptors (Lipinski definition) is 2. The monoisotopic (exact) mass is 359 g/mol. The molecular formula is C22H37N3O. The Bertz CT molecular complexity index is 711. The topological polar surface area (TPSA) is 48.1 Å². The predicted octanol–water partition coefficient (Wildman–Crippen LogP) is 4.36. The van der Waals surface area contributed by atoms with Crippen molar-refractivity contribution in [1.29, 1.82) is 0 Å². The summed E-state index contributed by atoms with van der Waals surface area (Å²) >= 11 is 0. The molecule has 0 radical (unpaired) electrons. The van der Waals surface area contributed by atoms with Gasteiger partial charge in [-0.05, 0) is 93.6 Å². The molecule has 2 N–H and O–H groups in total. The molecule has 1 aromatic heterocycles. The van der Waals surface area contributed by atoms with Gasteiger partial charge < -0.3 is 15.2 Å². The SMILES string of the molecule is Cc1[nH]c2c(c1C(=O)N1C(C)(C)C(C)(C)NC(C)(C)C1(C)C)CCCC2. The van der Waals surface area contributed by atoms with Crippen LogP contribution in [0.1, 0.15) is 95.5 Å². The van der Waals surface area contributed by atoms with Crippen molar-refractivity contribution in [1.82, 2.24) is 15.2 Å². The van der Waals surface area contributed by atoms with Crippen LogP contribution in [0.2, 0.25) is 0 Å². The van der Waals surface area contributed by atoms with Crippen LogP contribution in [-0.2, 0) is 12.8 Å². The Morgan fingerprint density at radius 3 is 1.92 bits per heavy atom. The van der Waals surface area contributed by atoms with Gasteiger partial charge in [0.05, 0.1) is 16.6 Å². The van der Waals surface area contributed by atoms with E-state index >= 15 is 0 Å². The highest BCUT2D eigenvalue weighted by Crippen LogP contribution is 2.46. The van der Waals surface area contributed by atoms with Gasteiger partial charge in [-0.15, -0.1) is 0 Å². The number of nitrogens with one attached hydrogen (secondary N) is 2. The van der Waals surface area contributed by atoms with Gasteiger partial charge in [0, 0.05) is 22.5 Å². The van der Waals surface area contributed by atoms with E-state index in [-0.39, 0.29) is 28.1 Å². The minimum atomic E-state index is -0.325. The summed E-state index contributed by atoms with van der Waals surface area (Å²) in [7, 11) is 0. The second-order valence-electron chi connectivity index (χ2n) is 10.4. The van der Waals surface area contributed by atoms with Crippen LogP contribution >= 0.6 is 0 Å². The molecule has 1 aliphatic heterocycles. The van der Waals surface area contributed by atoms with Gasteiger partial charge in [-0.25, -0.2) is 0 Å². The molecule has 2 heterocycles. The third kappa shape index (κ3) is 2.48. The van der Waals surface area contributed by atoms with E-state index in [2.05, 4.69) is 77.5 Å². The molecule has 0 unspecified atom stereocenters. The normalized spacial score (nSPS) is 25.7. The first-order valence-corrected chi connectivity index (χ1v) is 10.1. The Hall–Kier alpha value is -1.29. The fourth-order valence-electron chi connectivity index (χ4n) is 5.09. The van der Waals surface area contributed by atoms with E-state index in [1.807, 2.05) is 0 Å². The lowest BCUT2D eigenvalue weighted by Crippen LogP contribution is -2.84. The van der Waals surface area contributed by atoms with Crippen molar-refractivity contribution in [2.75, 3.05) is 0 Å². The van der Waals surface area contributed by atoms with Crippen LogP contribution in [0, 0.1) is 6.92 Å². The highest BCUT2D eigenvalue weighted by atomic mass is 16.2. The zero-order valence-electron chi connectivity index (χ0n) is 18.2. The van der Waals surface area contributed by atoms with E-state index in [4.69, 9.17) is 0 Å². The van der Waals surface area contributed by atoms with Crippen molar-refractivity contribution in [3.63, 3.8) is 0 Å². The minimum absolute atomic E-state index is 0.180. The van der Waals surface area contributed by atoms with Crippen LogP contribution < -0.4 is 5.32 Å². The highest BCUT2D eigenvalue weighted by Gasteiger charge is 2.60. The van der Waals surface area contributed by atoms with E-state index in [1.165, 1.54) is 24.1 Å². The quantitative estimate of drug-likeness (QED) is 0.782. The van der Waals surface area contributed by atoms with Crippen molar-refractivity contribution in [2.24, 2.45) is 0 Å². The lowest BCUT2D eigenvalue weighted by atomic mass is 9.66. The zero-order valence-corrected chi connectivity index (χ0v) is 18.2. The van der Waals surface area contributed by atoms with Crippen LogP contribution in [-0.4, -0.2) is 37.9 Å². The molecule has 1 fully saturated rings. The Kier molecular flexibility index (Phi) is 4.20. The minimum Gasteiger partial charge on any atom is -0.362 e. The van der Waals surface area contributed by atoms with Gasteiger partial charge in [0.1, 0.15) is 0 Å². The number of hydrogen-bond donors (Lipinski definition) is 2. The Morgan fingerprint density at radius 1 is 0.885 bits per heavy atom. The Morgan fingerprint density at radius 2 is 1.38 bits per heavy atom. The van der Waals surface area contributed by atoms with Crippen molar-refractivity contribution in [3.05, 3.63) is 22.5 Å². The third-order valence-electron chi connectivity index (χ3n) is 7.70. The van der Waals surface area contributed by atoms with Crippen LogP contribution in [0.15, 0.2) is 0 Å². The van der Waals surface area contributed by atoms with E-state index in [1.54, 1.807) is 0 Å². The molecule has 4 heteroatoms. The maximum Gasteiger partial charge on any atom is 0.256 e. The van der Waals surface area contributed by atoms with Gasteiger partial charge in [0.25, 0.3) is 5.91 Å². The van der Waals surface area contributed by atoms with Gasteiger partial charge in [0.15, 0.2) is 0 Å². The van der Waals surface area contributed by atoms with E-state index in [0.717, 1.165) is 24.1 Å². The molecular weight excluding hydrogens is 322 g/mol. The first-order chi connectivity index (χ1) is 11.7. The zero-order chi connectivity index (χ0) is 19.7. The van der Waals surface area contributed by atoms with E-state index < -0.39 is 0 Å².